The highest BCUT2D eigenvalue weighted by Gasteiger charge is 2.30. The maximum atomic E-state index is 11.7. The zero-order chi connectivity index (χ0) is 15.3. The van der Waals surface area contributed by atoms with Crippen LogP contribution in [0, 0.1) is 11.3 Å². The standard InChI is InChI=1S/C14H24N2O4/c1-14(2,3)7-11(17)15-8-12(18)16-10-5-4-9(6-10)13(19)20/h9-10H,4-8H2,1-3H3,(H,15,17)(H,16,18)(H,19,20)/t9-,10+/m1/s1. The van der Waals surface area contributed by atoms with Gasteiger partial charge in [-0.25, -0.2) is 0 Å². The summed E-state index contributed by atoms with van der Waals surface area (Å²) in [6.07, 6.45) is 2.11. The fourth-order valence-corrected chi connectivity index (χ4v) is 2.34. The topological polar surface area (TPSA) is 95.5 Å². The van der Waals surface area contributed by atoms with Crippen LogP contribution in [-0.4, -0.2) is 35.5 Å². The highest BCUT2D eigenvalue weighted by molar-refractivity contribution is 5.85. The maximum Gasteiger partial charge on any atom is 0.306 e. The van der Waals surface area contributed by atoms with Gasteiger partial charge in [-0.05, 0) is 24.7 Å². The highest BCUT2D eigenvalue weighted by Crippen LogP contribution is 2.25. The van der Waals surface area contributed by atoms with Gasteiger partial charge in [0.25, 0.3) is 0 Å². The summed E-state index contributed by atoms with van der Waals surface area (Å²) in [7, 11) is 0. The van der Waals surface area contributed by atoms with Crippen molar-refractivity contribution in [3.63, 3.8) is 0 Å². The number of carbonyl (C=O) groups is 3. The molecule has 0 unspecified atom stereocenters. The minimum atomic E-state index is -0.805. The molecule has 0 aromatic carbocycles. The highest BCUT2D eigenvalue weighted by atomic mass is 16.4. The van der Waals surface area contributed by atoms with Gasteiger partial charge in [0.2, 0.25) is 11.8 Å². The van der Waals surface area contributed by atoms with Gasteiger partial charge in [-0.15, -0.1) is 0 Å². The fourth-order valence-electron chi connectivity index (χ4n) is 2.34. The molecule has 2 amide bonds. The average molecular weight is 284 g/mol. The van der Waals surface area contributed by atoms with E-state index in [2.05, 4.69) is 10.6 Å². The molecule has 0 aliphatic heterocycles. The molecule has 1 rings (SSSR count). The minimum Gasteiger partial charge on any atom is -0.481 e. The van der Waals surface area contributed by atoms with Crippen LogP contribution in [0.5, 0.6) is 0 Å². The number of aliphatic carboxylic acids is 1. The molecule has 2 atom stereocenters. The van der Waals surface area contributed by atoms with E-state index >= 15 is 0 Å². The van der Waals surface area contributed by atoms with Crippen molar-refractivity contribution in [2.45, 2.75) is 52.5 Å². The van der Waals surface area contributed by atoms with E-state index in [0.29, 0.717) is 25.7 Å². The number of nitrogens with one attached hydrogen (secondary N) is 2. The lowest BCUT2D eigenvalue weighted by Gasteiger charge is -2.17. The Morgan fingerprint density at radius 3 is 2.30 bits per heavy atom. The monoisotopic (exact) mass is 284 g/mol. The lowest BCUT2D eigenvalue weighted by atomic mass is 9.92. The molecule has 6 nitrogen and oxygen atoms in total. The molecule has 3 N–H and O–H groups in total. The molecule has 0 saturated heterocycles. The van der Waals surface area contributed by atoms with E-state index in [4.69, 9.17) is 5.11 Å². The number of rotatable bonds is 5. The van der Waals surface area contributed by atoms with E-state index in [-0.39, 0.29) is 35.7 Å². The molecule has 114 valence electrons. The molecule has 0 aromatic heterocycles. The molecule has 1 aliphatic carbocycles. The lowest BCUT2D eigenvalue weighted by Crippen LogP contribution is -2.41. The predicted molar refractivity (Wildman–Crippen MR) is 74.0 cm³/mol. The number of hydrogen-bond donors (Lipinski definition) is 3. The Kier molecular flexibility index (Phi) is 5.53. The fraction of sp³-hybridized carbons (Fsp3) is 0.786. The van der Waals surface area contributed by atoms with Crippen molar-refractivity contribution in [3.8, 4) is 0 Å². The van der Waals surface area contributed by atoms with Crippen LogP contribution in [-0.2, 0) is 14.4 Å². The van der Waals surface area contributed by atoms with Crippen LogP contribution in [0.2, 0.25) is 0 Å². The van der Waals surface area contributed by atoms with E-state index in [9.17, 15) is 14.4 Å². The van der Waals surface area contributed by atoms with Crippen molar-refractivity contribution in [2.24, 2.45) is 11.3 Å². The van der Waals surface area contributed by atoms with E-state index in [1.807, 2.05) is 20.8 Å². The molecule has 1 aliphatic rings. The zero-order valence-corrected chi connectivity index (χ0v) is 12.4. The second-order valence-corrected chi connectivity index (χ2v) is 6.63. The SMILES string of the molecule is CC(C)(C)CC(=O)NCC(=O)N[C@H]1CC[C@@H](C(=O)O)C1. The van der Waals surface area contributed by atoms with Crippen LogP contribution in [0.3, 0.4) is 0 Å². The minimum absolute atomic E-state index is 0.0524. The Bertz CT molecular complexity index is 387. The Hall–Kier alpha value is -1.59. The number of carbonyl (C=O) groups excluding carboxylic acids is 2. The van der Waals surface area contributed by atoms with E-state index < -0.39 is 5.97 Å². The lowest BCUT2D eigenvalue weighted by molar-refractivity contribution is -0.141. The number of hydrogen-bond acceptors (Lipinski definition) is 3. The first-order valence-corrected chi connectivity index (χ1v) is 6.96. The first-order chi connectivity index (χ1) is 9.17. The van der Waals surface area contributed by atoms with Gasteiger partial charge >= 0.3 is 5.97 Å². The molecule has 0 bridgehead atoms. The van der Waals surface area contributed by atoms with Crippen LogP contribution < -0.4 is 10.6 Å². The summed E-state index contributed by atoms with van der Waals surface area (Å²) < 4.78 is 0. The largest absolute Gasteiger partial charge is 0.481 e. The number of amides is 2. The van der Waals surface area contributed by atoms with Gasteiger partial charge in [0, 0.05) is 12.5 Å². The van der Waals surface area contributed by atoms with E-state index in [1.54, 1.807) is 0 Å². The first-order valence-electron chi connectivity index (χ1n) is 6.96. The van der Waals surface area contributed by atoms with Gasteiger partial charge in [0.05, 0.1) is 12.5 Å². The Morgan fingerprint density at radius 2 is 1.80 bits per heavy atom. The van der Waals surface area contributed by atoms with Crippen LogP contribution in [0.15, 0.2) is 0 Å². The normalized spacial score (nSPS) is 22.4. The quantitative estimate of drug-likeness (QED) is 0.699. The maximum absolute atomic E-state index is 11.7. The second-order valence-electron chi connectivity index (χ2n) is 6.63. The first kappa shape index (κ1) is 16.5. The summed E-state index contributed by atoms with van der Waals surface area (Å²) in [5.74, 6) is -1.58. The molecule has 20 heavy (non-hydrogen) atoms. The summed E-state index contributed by atoms with van der Waals surface area (Å²) in [4.78, 5) is 34.1. The molecule has 0 spiro atoms. The van der Waals surface area contributed by atoms with Crippen LogP contribution in [0.4, 0.5) is 0 Å². The summed E-state index contributed by atoms with van der Waals surface area (Å²) in [6.45, 7) is 5.81. The second kappa shape index (κ2) is 6.72. The van der Waals surface area contributed by atoms with E-state index in [0.717, 1.165) is 0 Å². The molecule has 1 fully saturated rings. The van der Waals surface area contributed by atoms with Crippen LogP contribution in [0.1, 0.15) is 46.5 Å². The molecule has 0 heterocycles. The summed E-state index contributed by atoms with van der Waals surface area (Å²) in [5.41, 5.74) is -0.110. The summed E-state index contributed by atoms with van der Waals surface area (Å²) >= 11 is 0. The predicted octanol–water partition coefficient (Wildman–Crippen LogP) is 0.908. The van der Waals surface area contributed by atoms with Gasteiger partial charge in [-0.2, -0.15) is 0 Å². The van der Waals surface area contributed by atoms with Gasteiger partial charge in [-0.1, -0.05) is 20.8 Å². The molecule has 6 heteroatoms. The molecule has 1 saturated carbocycles. The summed E-state index contributed by atoms with van der Waals surface area (Å²) in [6, 6.07) is -0.0943. The van der Waals surface area contributed by atoms with Crippen molar-refractivity contribution < 1.29 is 19.5 Å². The van der Waals surface area contributed by atoms with Crippen molar-refractivity contribution >= 4 is 17.8 Å². The van der Waals surface area contributed by atoms with Crippen molar-refractivity contribution in [2.75, 3.05) is 6.54 Å². The molecule has 0 radical (unpaired) electrons. The summed E-state index contributed by atoms with van der Waals surface area (Å²) in [5, 5.41) is 14.2. The third-order valence-electron chi connectivity index (χ3n) is 3.28. The zero-order valence-electron chi connectivity index (χ0n) is 12.4. The van der Waals surface area contributed by atoms with Crippen LogP contribution >= 0.6 is 0 Å². The van der Waals surface area contributed by atoms with Crippen molar-refractivity contribution in [3.05, 3.63) is 0 Å². The number of carboxylic acids is 1. The van der Waals surface area contributed by atoms with Crippen molar-refractivity contribution in [1.82, 2.24) is 10.6 Å². The molecule has 0 aromatic rings. The number of carboxylic acid groups (broad SMARTS) is 1. The Morgan fingerprint density at radius 1 is 1.15 bits per heavy atom. The third-order valence-corrected chi connectivity index (χ3v) is 3.28. The van der Waals surface area contributed by atoms with Gasteiger partial charge in [0.1, 0.15) is 0 Å². The van der Waals surface area contributed by atoms with Crippen LogP contribution in [0.25, 0.3) is 0 Å². The van der Waals surface area contributed by atoms with Crippen molar-refractivity contribution in [1.29, 1.82) is 0 Å². The van der Waals surface area contributed by atoms with Gasteiger partial charge < -0.3 is 15.7 Å². The van der Waals surface area contributed by atoms with Gasteiger partial charge in [0.15, 0.2) is 0 Å². The third kappa shape index (κ3) is 6.04. The average Bonchev–Trinajstić information content (AvgIpc) is 2.72. The van der Waals surface area contributed by atoms with Gasteiger partial charge in [-0.3, -0.25) is 14.4 Å². The molecular formula is C14H24N2O4. The Labute approximate surface area is 119 Å². The Balaban J connectivity index is 2.25. The molecular weight excluding hydrogens is 260 g/mol. The van der Waals surface area contributed by atoms with E-state index in [1.165, 1.54) is 0 Å². The smallest absolute Gasteiger partial charge is 0.306 e.